The molecule has 1 fully saturated rings. The van der Waals surface area contributed by atoms with Crippen molar-refractivity contribution in [1.29, 1.82) is 0 Å². The minimum Gasteiger partial charge on any atom is -0.341 e. The maximum atomic E-state index is 11.9. The minimum absolute atomic E-state index is 0.0172. The average molecular weight is 269 g/mol. The van der Waals surface area contributed by atoms with Crippen molar-refractivity contribution in [3.8, 4) is 0 Å². The molecule has 0 radical (unpaired) electrons. The molecule has 0 aliphatic carbocycles. The lowest BCUT2D eigenvalue weighted by Gasteiger charge is -2.37. The molecule has 0 aromatic rings. The predicted octanol–water partition coefficient (Wildman–Crippen LogP) is 0.829. The highest BCUT2D eigenvalue weighted by molar-refractivity contribution is 5.81. The van der Waals surface area contributed by atoms with E-state index in [2.05, 4.69) is 0 Å². The SMILES string of the molecule is CC(=O)N(C[C@H]1CCCN(C(=O)[C@H](C)N)C1)C(C)C. The molecule has 2 amide bonds. The van der Waals surface area contributed by atoms with Gasteiger partial charge in [-0.25, -0.2) is 0 Å². The Morgan fingerprint density at radius 2 is 2.00 bits per heavy atom. The van der Waals surface area contributed by atoms with Crippen molar-refractivity contribution in [2.45, 2.75) is 52.6 Å². The van der Waals surface area contributed by atoms with Gasteiger partial charge in [-0.3, -0.25) is 9.59 Å². The lowest BCUT2D eigenvalue weighted by molar-refractivity contribution is -0.135. The molecule has 2 N–H and O–H groups in total. The smallest absolute Gasteiger partial charge is 0.239 e. The number of rotatable bonds is 4. The fourth-order valence-corrected chi connectivity index (χ4v) is 2.68. The first-order valence-electron chi connectivity index (χ1n) is 7.14. The van der Waals surface area contributed by atoms with Gasteiger partial charge < -0.3 is 15.5 Å². The molecule has 1 aliphatic rings. The molecule has 110 valence electrons. The lowest BCUT2D eigenvalue weighted by atomic mass is 9.96. The van der Waals surface area contributed by atoms with Crippen LogP contribution < -0.4 is 5.73 Å². The van der Waals surface area contributed by atoms with Crippen LogP contribution in [0.5, 0.6) is 0 Å². The van der Waals surface area contributed by atoms with Crippen molar-refractivity contribution < 1.29 is 9.59 Å². The summed E-state index contributed by atoms with van der Waals surface area (Å²) in [7, 11) is 0. The maximum absolute atomic E-state index is 11.9. The van der Waals surface area contributed by atoms with Gasteiger partial charge in [0.1, 0.15) is 0 Å². The van der Waals surface area contributed by atoms with Crippen LogP contribution in [0.4, 0.5) is 0 Å². The van der Waals surface area contributed by atoms with Gasteiger partial charge in [0.05, 0.1) is 6.04 Å². The zero-order valence-electron chi connectivity index (χ0n) is 12.6. The van der Waals surface area contributed by atoms with Gasteiger partial charge in [-0.1, -0.05) is 0 Å². The summed E-state index contributed by atoms with van der Waals surface area (Å²) in [6, 6.07) is -0.232. The van der Waals surface area contributed by atoms with E-state index in [4.69, 9.17) is 5.73 Å². The van der Waals surface area contributed by atoms with Gasteiger partial charge in [-0.2, -0.15) is 0 Å². The molecule has 0 bridgehead atoms. The largest absolute Gasteiger partial charge is 0.341 e. The van der Waals surface area contributed by atoms with Crippen LogP contribution in [0.3, 0.4) is 0 Å². The molecule has 0 spiro atoms. The molecule has 1 rings (SSSR count). The Morgan fingerprint density at radius 3 is 2.47 bits per heavy atom. The van der Waals surface area contributed by atoms with Gasteiger partial charge in [0, 0.05) is 32.6 Å². The van der Waals surface area contributed by atoms with Crippen LogP contribution in [0.15, 0.2) is 0 Å². The van der Waals surface area contributed by atoms with E-state index in [1.165, 1.54) is 0 Å². The number of hydrogen-bond acceptors (Lipinski definition) is 3. The van der Waals surface area contributed by atoms with Crippen LogP contribution in [0, 0.1) is 5.92 Å². The molecule has 1 aliphatic heterocycles. The van der Waals surface area contributed by atoms with Gasteiger partial charge in [0.2, 0.25) is 11.8 Å². The Bertz CT molecular complexity index is 329. The first-order chi connectivity index (χ1) is 8.82. The van der Waals surface area contributed by atoms with Crippen molar-refractivity contribution in [2.24, 2.45) is 11.7 Å². The Morgan fingerprint density at radius 1 is 1.37 bits per heavy atom. The third-order valence-electron chi connectivity index (χ3n) is 3.70. The van der Waals surface area contributed by atoms with Crippen molar-refractivity contribution in [1.82, 2.24) is 9.80 Å². The average Bonchev–Trinajstić information content (AvgIpc) is 2.34. The molecule has 0 aromatic carbocycles. The number of carbonyl (C=O) groups excluding carboxylic acids is 2. The summed E-state index contributed by atoms with van der Waals surface area (Å²) in [5, 5.41) is 0. The summed E-state index contributed by atoms with van der Waals surface area (Å²) in [6.45, 7) is 9.62. The Labute approximate surface area is 116 Å². The number of hydrogen-bond donors (Lipinski definition) is 1. The van der Waals surface area contributed by atoms with E-state index in [9.17, 15) is 9.59 Å². The molecular formula is C14H27N3O2. The summed E-state index contributed by atoms with van der Waals surface area (Å²) in [6.07, 6.45) is 2.06. The standard InChI is InChI=1S/C14H27N3O2/c1-10(2)17(12(4)18)9-13-6-5-7-16(8-13)14(19)11(3)15/h10-11,13H,5-9,15H2,1-4H3/t11-,13-/m0/s1. The van der Waals surface area contributed by atoms with Crippen LogP contribution in [0.25, 0.3) is 0 Å². The summed E-state index contributed by atoms with van der Waals surface area (Å²) >= 11 is 0. The van der Waals surface area contributed by atoms with Crippen LogP contribution in [-0.2, 0) is 9.59 Å². The first-order valence-corrected chi connectivity index (χ1v) is 7.14. The molecule has 1 heterocycles. The van der Waals surface area contributed by atoms with E-state index in [1.54, 1.807) is 13.8 Å². The van der Waals surface area contributed by atoms with Crippen molar-refractivity contribution in [3.05, 3.63) is 0 Å². The van der Waals surface area contributed by atoms with Crippen LogP contribution in [-0.4, -0.2) is 53.3 Å². The monoisotopic (exact) mass is 269 g/mol. The fraction of sp³-hybridized carbons (Fsp3) is 0.857. The first kappa shape index (κ1) is 16.0. The van der Waals surface area contributed by atoms with E-state index in [0.717, 1.165) is 32.5 Å². The summed E-state index contributed by atoms with van der Waals surface area (Å²) in [4.78, 5) is 27.2. The number of amides is 2. The summed E-state index contributed by atoms with van der Waals surface area (Å²) in [5.74, 6) is 0.483. The van der Waals surface area contributed by atoms with E-state index >= 15 is 0 Å². The number of piperidine rings is 1. The highest BCUT2D eigenvalue weighted by atomic mass is 16.2. The molecule has 2 atom stereocenters. The molecule has 0 unspecified atom stereocenters. The highest BCUT2D eigenvalue weighted by Gasteiger charge is 2.27. The Balaban J connectivity index is 2.59. The summed E-state index contributed by atoms with van der Waals surface area (Å²) < 4.78 is 0. The van der Waals surface area contributed by atoms with Crippen LogP contribution >= 0.6 is 0 Å². The van der Waals surface area contributed by atoms with Gasteiger partial charge in [-0.15, -0.1) is 0 Å². The second-order valence-corrected chi connectivity index (χ2v) is 5.85. The molecular weight excluding hydrogens is 242 g/mol. The third-order valence-corrected chi connectivity index (χ3v) is 3.70. The third kappa shape index (κ3) is 4.49. The summed E-state index contributed by atoms with van der Waals surface area (Å²) in [5.41, 5.74) is 5.65. The molecule has 5 heteroatoms. The molecule has 0 aromatic heterocycles. The second kappa shape index (κ2) is 6.89. The van der Waals surface area contributed by atoms with Gasteiger partial charge in [0.15, 0.2) is 0 Å². The molecule has 19 heavy (non-hydrogen) atoms. The number of nitrogens with zero attached hydrogens (tertiary/aromatic N) is 2. The van der Waals surface area contributed by atoms with Gasteiger partial charge >= 0.3 is 0 Å². The fourth-order valence-electron chi connectivity index (χ4n) is 2.68. The van der Waals surface area contributed by atoms with E-state index in [-0.39, 0.29) is 17.9 Å². The maximum Gasteiger partial charge on any atom is 0.239 e. The Kier molecular flexibility index (Phi) is 5.79. The van der Waals surface area contributed by atoms with Crippen molar-refractivity contribution in [3.63, 3.8) is 0 Å². The van der Waals surface area contributed by atoms with E-state index in [0.29, 0.717) is 5.92 Å². The normalized spacial score (nSPS) is 21.4. The Hall–Kier alpha value is -1.10. The van der Waals surface area contributed by atoms with Gasteiger partial charge in [0.25, 0.3) is 0 Å². The quantitative estimate of drug-likeness (QED) is 0.822. The number of nitrogens with two attached hydrogens (primary N) is 1. The topological polar surface area (TPSA) is 66.6 Å². The second-order valence-electron chi connectivity index (χ2n) is 5.85. The lowest BCUT2D eigenvalue weighted by Crippen LogP contribution is -2.49. The van der Waals surface area contributed by atoms with Crippen LogP contribution in [0.1, 0.15) is 40.5 Å². The van der Waals surface area contributed by atoms with Crippen LogP contribution in [0.2, 0.25) is 0 Å². The van der Waals surface area contributed by atoms with Crippen molar-refractivity contribution in [2.75, 3.05) is 19.6 Å². The molecule has 5 nitrogen and oxygen atoms in total. The number of likely N-dealkylation sites (tertiary alicyclic amines) is 1. The predicted molar refractivity (Wildman–Crippen MR) is 75.5 cm³/mol. The van der Waals surface area contributed by atoms with Crippen molar-refractivity contribution >= 4 is 11.8 Å². The zero-order valence-corrected chi connectivity index (χ0v) is 12.6. The van der Waals surface area contributed by atoms with E-state index in [1.807, 2.05) is 23.6 Å². The van der Waals surface area contributed by atoms with E-state index < -0.39 is 6.04 Å². The molecule has 0 saturated carbocycles. The zero-order chi connectivity index (χ0) is 14.6. The van der Waals surface area contributed by atoms with Gasteiger partial charge in [-0.05, 0) is 39.5 Å². The highest BCUT2D eigenvalue weighted by Crippen LogP contribution is 2.19. The minimum atomic E-state index is -0.437. The number of carbonyl (C=O) groups is 2. The molecule has 1 saturated heterocycles.